The molecule has 0 aliphatic rings. The molecule has 0 spiro atoms. The minimum Gasteiger partial charge on any atom is -1.00 e. The average Bonchev–Trinajstić information content (AvgIpc) is 1.38. The number of aliphatic hydroxyl groups excluding tert-OH is 2. The fourth-order valence-corrected chi connectivity index (χ4v) is 0. The van der Waals surface area contributed by atoms with Crippen LogP contribution in [0.3, 0.4) is 0 Å². The van der Waals surface area contributed by atoms with Gasteiger partial charge in [0.15, 0.2) is 0 Å². The summed E-state index contributed by atoms with van der Waals surface area (Å²) in [5, 5.41) is 16.0. The molecule has 2 nitrogen and oxygen atoms in total. The molecule has 0 aromatic carbocycles. The second-order valence-electron chi connectivity index (χ2n) is 1.03. The summed E-state index contributed by atoms with van der Waals surface area (Å²) in [6.07, 6.45) is -0.560. The summed E-state index contributed by atoms with van der Waals surface area (Å²) in [7, 11) is 0. The molecule has 1 atom stereocenters. The minimum absolute atomic E-state index is 0. The maximum absolute atomic E-state index is 8.11. The van der Waals surface area contributed by atoms with Crippen molar-refractivity contribution in [1.82, 2.24) is 0 Å². The number of hydrogen-bond donors (Lipinski definition) is 2. The fourth-order valence-electron chi connectivity index (χ4n) is 0. The van der Waals surface area contributed by atoms with Crippen LogP contribution in [0.25, 0.3) is 0 Å². The third-order valence-electron chi connectivity index (χ3n) is 0.264. The van der Waals surface area contributed by atoms with Gasteiger partial charge < -0.3 is 11.6 Å². The van der Waals surface area contributed by atoms with Gasteiger partial charge in [-0.05, 0) is 6.92 Å². The van der Waals surface area contributed by atoms with Gasteiger partial charge in [0.25, 0.3) is 0 Å². The van der Waals surface area contributed by atoms with Crippen molar-refractivity contribution in [2.24, 2.45) is 0 Å². The maximum Gasteiger partial charge on any atom is 1.00 e. The summed E-state index contributed by atoms with van der Waals surface area (Å²) in [4.78, 5) is 0. The Morgan fingerprint density at radius 2 is 2.00 bits per heavy atom. The van der Waals surface area contributed by atoms with Gasteiger partial charge in [0.1, 0.15) is 0 Å². The Morgan fingerprint density at radius 3 is 2.00 bits per heavy atom. The molecule has 0 heterocycles. The molecule has 0 aromatic rings. The van der Waals surface area contributed by atoms with E-state index in [0.29, 0.717) is 0 Å². The van der Waals surface area contributed by atoms with Crippen LogP contribution in [0, 0.1) is 0 Å². The van der Waals surface area contributed by atoms with Gasteiger partial charge in [0.05, 0.1) is 12.7 Å². The smallest absolute Gasteiger partial charge is 1.00 e. The summed E-state index contributed by atoms with van der Waals surface area (Å²) in [6, 6.07) is 0. The summed E-state index contributed by atoms with van der Waals surface area (Å²) in [6.45, 7) is 1.39. The Balaban J connectivity index is -0.0000000800. The first-order chi connectivity index (χ1) is 2.27. The van der Waals surface area contributed by atoms with Gasteiger partial charge in [-0.2, -0.15) is 0 Å². The van der Waals surface area contributed by atoms with Crippen molar-refractivity contribution in [3.05, 3.63) is 0 Å². The van der Waals surface area contributed by atoms with Crippen molar-refractivity contribution < 1.29 is 30.5 Å². The first kappa shape index (κ1) is 9.72. The maximum atomic E-state index is 8.11. The molecule has 0 amide bonds. The van der Waals surface area contributed by atoms with Gasteiger partial charge in [0.2, 0.25) is 0 Å². The Morgan fingerprint density at radius 1 is 1.83 bits per heavy atom. The summed E-state index contributed by atoms with van der Waals surface area (Å²) in [5.41, 5.74) is 0. The topological polar surface area (TPSA) is 40.5 Å². The van der Waals surface area contributed by atoms with E-state index in [0.717, 1.165) is 0 Å². The molecule has 3 heteroatoms. The first-order valence-electron chi connectivity index (χ1n) is 1.56. The van der Waals surface area contributed by atoms with Crippen molar-refractivity contribution in [3.63, 3.8) is 0 Å². The molecule has 0 aromatic heterocycles. The zero-order valence-electron chi connectivity index (χ0n) is 5.18. The summed E-state index contributed by atoms with van der Waals surface area (Å²) >= 11 is 0. The Hall–Kier alpha value is 0.517. The van der Waals surface area contributed by atoms with Gasteiger partial charge in [-0.25, -0.2) is 0 Å². The Labute approximate surface area is 50.8 Å². The molecular formula is C3H9LiO2. The van der Waals surface area contributed by atoms with Crippen molar-refractivity contribution in [2.75, 3.05) is 6.61 Å². The second-order valence-corrected chi connectivity index (χ2v) is 1.03. The Bertz CT molecular complexity index is 26.9. The van der Waals surface area contributed by atoms with Crippen molar-refractivity contribution in [2.45, 2.75) is 13.0 Å². The predicted molar refractivity (Wildman–Crippen MR) is 19.9 cm³/mol. The van der Waals surface area contributed by atoms with E-state index in [2.05, 4.69) is 0 Å². The van der Waals surface area contributed by atoms with Crippen LogP contribution in [-0.4, -0.2) is 22.9 Å². The Kier molecular flexibility index (Phi) is 8.94. The third-order valence-corrected chi connectivity index (χ3v) is 0.264. The van der Waals surface area contributed by atoms with Crippen LogP contribution >= 0.6 is 0 Å². The third kappa shape index (κ3) is 8.82. The molecule has 2 N–H and O–H groups in total. The molecule has 0 fully saturated rings. The van der Waals surface area contributed by atoms with Crippen LogP contribution in [-0.2, 0) is 0 Å². The van der Waals surface area contributed by atoms with E-state index in [1.54, 1.807) is 0 Å². The molecule has 0 saturated carbocycles. The van der Waals surface area contributed by atoms with Crippen molar-refractivity contribution >= 4 is 0 Å². The molecule has 0 rings (SSSR count). The average molecular weight is 84.0 g/mol. The van der Waals surface area contributed by atoms with E-state index in [9.17, 15) is 0 Å². The van der Waals surface area contributed by atoms with Crippen LogP contribution in [0.2, 0.25) is 0 Å². The van der Waals surface area contributed by atoms with E-state index in [4.69, 9.17) is 10.2 Å². The zero-order valence-corrected chi connectivity index (χ0v) is 4.18. The summed E-state index contributed by atoms with van der Waals surface area (Å²) in [5.74, 6) is 0. The molecule has 0 aliphatic carbocycles. The standard InChI is InChI=1S/C3H8O2.Li.H/c1-3(5)2-4;;/h3-5H,2H2,1H3;;/q;+1;-1. The quantitative estimate of drug-likeness (QED) is 0.323. The van der Waals surface area contributed by atoms with Crippen LogP contribution in [0.4, 0.5) is 0 Å². The zero-order chi connectivity index (χ0) is 4.28. The molecule has 6 heavy (non-hydrogen) atoms. The van der Waals surface area contributed by atoms with E-state index >= 15 is 0 Å². The van der Waals surface area contributed by atoms with E-state index in [1.165, 1.54) is 6.92 Å². The molecule has 34 valence electrons. The second kappa shape index (κ2) is 5.52. The number of aliphatic hydroxyl groups is 2. The SMILES string of the molecule is CC(O)CO.[H-].[Li+]. The molecule has 0 bridgehead atoms. The van der Waals surface area contributed by atoms with Gasteiger partial charge in [0, 0.05) is 0 Å². The summed E-state index contributed by atoms with van der Waals surface area (Å²) < 4.78 is 0. The van der Waals surface area contributed by atoms with Crippen LogP contribution in [0.1, 0.15) is 8.35 Å². The normalized spacial score (nSPS) is 12.5. The molecular weight excluding hydrogens is 75.0 g/mol. The largest absolute Gasteiger partial charge is 1.00 e. The van der Waals surface area contributed by atoms with Gasteiger partial charge in [-0.1, -0.05) is 0 Å². The number of hydrogen-bond acceptors (Lipinski definition) is 2. The van der Waals surface area contributed by atoms with E-state index in [1.807, 2.05) is 0 Å². The van der Waals surface area contributed by atoms with Gasteiger partial charge in [-0.15, -0.1) is 0 Å². The van der Waals surface area contributed by atoms with Crippen molar-refractivity contribution in [3.8, 4) is 0 Å². The predicted octanol–water partition coefficient (Wildman–Crippen LogP) is -3.52. The van der Waals surface area contributed by atoms with Gasteiger partial charge >= 0.3 is 18.9 Å². The van der Waals surface area contributed by atoms with Crippen LogP contribution in [0.5, 0.6) is 0 Å². The van der Waals surface area contributed by atoms with Crippen molar-refractivity contribution in [1.29, 1.82) is 0 Å². The monoisotopic (exact) mass is 84.1 g/mol. The van der Waals surface area contributed by atoms with E-state index < -0.39 is 6.10 Å². The van der Waals surface area contributed by atoms with E-state index in [-0.39, 0.29) is 26.9 Å². The first-order valence-corrected chi connectivity index (χ1v) is 1.56. The molecule has 0 saturated heterocycles. The van der Waals surface area contributed by atoms with Gasteiger partial charge in [-0.3, -0.25) is 0 Å². The fraction of sp³-hybridized carbons (Fsp3) is 1.00. The molecule has 0 aliphatic heterocycles. The van der Waals surface area contributed by atoms with Crippen LogP contribution in [0.15, 0.2) is 0 Å². The number of rotatable bonds is 1. The molecule has 1 unspecified atom stereocenters. The van der Waals surface area contributed by atoms with Crippen LogP contribution < -0.4 is 18.9 Å². The minimum atomic E-state index is -0.560. The molecule has 0 radical (unpaired) electrons.